The number of esters is 1. The third-order valence-electron chi connectivity index (χ3n) is 3.41. The van der Waals surface area contributed by atoms with Gasteiger partial charge in [-0.1, -0.05) is 32.0 Å². The Morgan fingerprint density at radius 1 is 1.36 bits per heavy atom. The quantitative estimate of drug-likeness (QED) is 0.860. The maximum absolute atomic E-state index is 12.6. The van der Waals surface area contributed by atoms with E-state index in [1.807, 2.05) is 13.8 Å². The van der Waals surface area contributed by atoms with Crippen LogP contribution in [0.3, 0.4) is 0 Å². The van der Waals surface area contributed by atoms with Crippen LogP contribution in [0.15, 0.2) is 35.4 Å². The summed E-state index contributed by atoms with van der Waals surface area (Å²) in [4.78, 5) is 24.5. The molecule has 22 heavy (non-hydrogen) atoms. The standard InChI is InChI=1S/C16H20N2O4/c1-11(2)9-13-10-16(21,15(20)22-3)18(17-13)14(19)12-7-5-4-6-8-12/h4-8,11,21H,9-10H2,1-3H3/t16-/m0/s1. The Balaban J connectivity index is 2.36. The summed E-state index contributed by atoms with van der Waals surface area (Å²) in [6.45, 7) is 4.00. The maximum Gasteiger partial charge on any atom is 0.361 e. The van der Waals surface area contributed by atoms with Crippen molar-refractivity contribution in [2.45, 2.75) is 32.4 Å². The number of ether oxygens (including phenoxy) is 1. The Morgan fingerprint density at radius 3 is 2.55 bits per heavy atom. The molecule has 0 spiro atoms. The summed E-state index contributed by atoms with van der Waals surface area (Å²) in [5.41, 5.74) is -1.13. The second-order valence-electron chi connectivity index (χ2n) is 5.73. The van der Waals surface area contributed by atoms with E-state index in [2.05, 4.69) is 9.84 Å². The van der Waals surface area contributed by atoms with E-state index in [1.165, 1.54) is 7.11 Å². The van der Waals surface area contributed by atoms with Gasteiger partial charge in [0.25, 0.3) is 11.6 Å². The first-order valence-corrected chi connectivity index (χ1v) is 7.15. The number of methoxy groups -OCH3 is 1. The smallest absolute Gasteiger partial charge is 0.361 e. The molecule has 0 fully saturated rings. The Kier molecular flexibility index (Phi) is 4.61. The van der Waals surface area contributed by atoms with Crippen molar-refractivity contribution >= 4 is 17.6 Å². The van der Waals surface area contributed by atoms with Gasteiger partial charge in [0, 0.05) is 17.7 Å². The van der Waals surface area contributed by atoms with Gasteiger partial charge in [-0.05, 0) is 24.5 Å². The van der Waals surface area contributed by atoms with E-state index in [0.29, 0.717) is 23.6 Å². The molecule has 1 aliphatic heterocycles. The van der Waals surface area contributed by atoms with Crippen LogP contribution in [0, 0.1) is 5.92 Å². The second-order valence-corrected chi connectivity index (χ2v) is 5.73. The fourth-order valence-electron chi connectivity index (χ4n) is 2.44. The summed E-state index contributed by atoms with van der Waals surface area (Å²) < 4.78 is 4.65. The highest BCUT2D eigenvalue weighted by Crippen LogP contribution is 2.30. The van der Waals surface area contributed by atoms with Crippen LogP contribution in [0.1, 0.15) is 37.0 Å². The van der Waals surface area contributed by atoms with Gasteiger partial charge in [-0.3, -0.25) is 4.79 Å². The Bertz CT molecular complexity index is 597. The molecule has 0 saturated carbocycles. The number of carbonyl (C=O) groups is 2. The van der Waals surface area contributed by atoms with Crippen LogP contribution < -0.4 is 0 Å². The molecule has 0 aromatic heterocycles. The van der Waals surface area contributed by atoms with E-state index in [-0.39, 0.29) is 6.42 Å². The molecular weight excluding hydrogens is 284 g/mol. The molecule has 0 radical (unpaired) electrons. The summed E-state index contributed by atoms with van der Waals surface area (Å²) >= 11 is 0. The summed E-state index contributed by atoms with van der Waals surface area (Å²) in [6.07, 6.45) is 0.564. The lowest BCUT2D eigenvalue weighted by molar-refractivity contribution is -0.176. The molecule has 0 unspecified atom stereocenters. The van der Waals surface area contributed by atoms with E-state index >= 15 is 0 Å². The first-order valence-electron chi connectivity index (χ1n) is 7.15. The number of hydrogen-bond acceptors (Lipinski definition) is 5. The zero-order valence-corrected chi connectivity index (χ0v) is 12.9. The number of aliphatic hydroxyl groups is 1. The van der Waals surface area contributed by atoms with E-state index in [1.54, 1.807) is 30.3 Å². The van der Waals surface area contributed by atoms with Crippen molar-refractivity contribution in [2.75, 3.05) is 7.11 Å². The number of hydrogen-bond donors (Lipinski definition) is 1. The predicted molar refractivity (Wildman–Crippen MR) is 81.1 cm³/mol. The highest BCUT2D eigenvalue weighted by atomic mass is 16.5. The second kappa shape index (κ2) is 6.27. The Hall–Kier alpha value is -2.21. The molecule has 1 aromatic rings. The van der Waals surface area contributed by atoms with Crippen molar-refractivity contribution in [1.29, 1.82) is 0 Å². The van der Waals surface area contributed by atoms with E-state index in [4.69, 9.17) is 0 Å². The van der Waals surface area contributed by atoms with Crippen LogP contribution in [0.2, 0.25) is 0 Å². The minimum atomic E-state index is -2.08. The van der Waals surface area contributed by atoms with Crippen LogP contribution in [0.5, 0.6) is 0 Å². The van der Waals surface area contributed by atoms with Gasteiger partial charge in [-0.15, -0.1) is 0 Å². The lowest BCUT2D eigenvalue weighted by Gasteiger charge is -2.28. The number of nitrogens with zero attached hydrogens (tertiary/aromatic N) is 2. The van der Waals surface area contributed by atoms with Crippen LogP contribution >= 0.6 is 0 Å². The van der Waals surface area contributed by atoms with Crippen molar-refractivity contribution in [3.05, 3.63) is 35.9 Å². The molecule has 6 heteroatoms. The summed E-state index contributed by atoms with van der Waals surface area (Å²) in [5.74, 6) is -1.13. The zero-order valence-electron chi connectivity index (χ0n) is 12.9. The Labute approximate surface area is 129 Å². The molecule has 0 saturated heterocycles. The van der Waals surface area contributed by atoms with Gasteiger partial charge in [0.1, 0.15) is 0 Å². The molecule has 2 rings (SSSR count). The SMILES string of the molecule is COC(=O)[C@@]1(O)CC(CC(C)C)=NN1C(=O)c1ccccc1. The van der Waals surface area contributed by atoms with Gasteiger partial charge in [-0.2, -0.15) is 10.1 Å². The highest BCUT2D eigenvalue weighted by Gasteiger charge is 2.51. The van der Waals surface area contributed by atoms with E-state index < -0.39 is 17.6 Å². The minimum absolute atomic E-state index is 0.0313. The van der Waals surface area contributed by atoms with Gasteiger partial charge < -0.3 is 9.84 Å². The highest BCUT2D eigenvalue weighted by molar-refractivity contribution is 6.03. The lowest BCUT2D eigenvalue weighted by Crippen LogP contribution is -2.52. The topological polar surface area (TPSA) is 79.2 Å². The average Bonchev–Trinajstić information content (AvgIpc) is 2.83. The monoisotopic (exact) mass is 304 g/mol. The average molecular weight is 304 g/mol. The normalized spacial score (nSPS) is 21.0. The zero-order chi connectivity index (χ0) is 16.3. The van der Waals surface area contributed by atoms with Gasteiger partial charge in [0.15, 0.2) is 0 Å². The molecule has 1 heterocycles. The van der Waals surface area contributed by atoms with E-state index in [9.17, 15) is 14.7 Å². The van der Waals surface area contributed by atoms with Crippen LogP contribution in [0.4, 0.5) is 0 Å². The molecule has 1 amide bonds. The molecule has 1 N–H and O–H groups in total. The molecule has 1 atom stereocenters. The van der Waals surface area contributed by atoms with Gasteiger partial charge >= 0.3 is 5.97 Å². The number of carbonyl (C=O) groups excluding carboxylic acids is 2. The molecule has 0 aliphatic carbocycles. The first kappa shape index (κ1) is 16.2. The van der Waals surface area contributed by atoms with Crippen molar-refractivity contribution in [3.8, 4) is 0 Å². The van der Waals surface area contributed by atoms with E-state index in [0.717, 1.165) is 5.01 Å². The fourth-order valence-corrected chi connectivity index (χ4v) is 2.44. The number of rotatable bonds is 4. The summed E-state index contributed by atoms with van der Waals surface area (Å²) in [6, 6.07) is 8.41. The van der Waals surface area contributed by atoms with Crippen LogP contribution in [0.25, 0.3) is 0 Å². The summed E-state index contributed by atoms with van der Waals surface area (Å²) in [7, 11) is 1.17. The Morgan fingerprint density at radius 2 is 2.00 bits per heavy atom. The van der Waals surface area contributed by atoms with Crippen molar-refractivity contribution in [2.24, 2.45) is 11.0 Å². The fraction of sp³-hybridized carbons (Fsp3) is 0.438. The molecule has 1 aromatic carbocycles. The summed E-state index contributed by atoms with van der Waals surface area (Å²) in [5, 5.41) is 15.7. The first-order chi connectivity index (χ1) is 10.4. The third kappa shape index (κ3) is 3.01. The molecule has 1 aliphatic rings. The van der Waals surface area contributed by atoms with Crippen molar-refractivity contribution < 1.29 is 19.4 Å². The van der Waals surface area contributed by atoms with Crippen LogP contribution in [-0.4, -0.2) is 40.5 Å². The van der Waals surface area contributed by atoms with Gasteiger partial charge in [-0.25, -0.2) is 4.79 Å². The molecule has 6 nitrogen and oxygen atoms in total. The maximum atomic E-state index is 12.6. The molecule has 0 bridgehead atoms. The molecular formula is C16H20N2O4. The predicted octanol–water partition coefficient (Wildman–Crippen LogP) is 1.80. The minimum Gasteiger partial charge on any atom is -0.465 e. The van der Waals surface area contributed by atoms with Gasteiger partial charge in [0.05, 0.1) is 7.11 Å². The number of hydrazone groups is 1. The third-order valence-corrected chi connectivity index (χ3v) is 3.41. The van der Waals surface area contributed by atoms with Crippen molar-refractivity contribution in [3.63, 3.8) is 0 Å². The molecule has 118 valence electrons. The number of amides is 1. The van der Waals surface area contributed by atoms with Crippen molar-refractivity contribution in [1.82, 2.24) is 5.01 Å². The largest absolute Gasteiger partial charge is 0.465 e. The number of benzene rings is 1. The van der Waals surface area contributed by atoms with Gasteiger partial charge in [0.2, 0.25) is 0 Å². The van der Waals surface area contributed by atoms with Crippen LogP contribution in [-0.2, 0) is 9.53 Å². The lowest BCUT2D eigenvalue weighted by atomic mass is 9.99.